The van der Waals surface area contributed by atoms with Gasteiger partial charge in [-0.1, -0.05) is 0 Å². The summed E-state index contributed by atoms with van der Waals surface area (Å²) in [7, 11) is -3.62. The van der Waals surface area contributed by atoms with Crippen LogP contribution in [0.5, 0.6) is 0 Å². The quantitative estimate of drug-likeness (QED) is 0.875. The van der Waals surface area contributed by atoms with Crippen molar-refractivity contribution in [3.8, 4) is 0 Å². The number of halogens is 2. The Balaban J connectivity index is 1.68. The molecule has 5 nitrogen and oxygen atoms in total. The molecule has 2 heterocycles. The van der Waals surface area contributed by atoms with Gasteiger partial charge in [0.25, 0.3) is 0 Å². The molecule has 0 radical (unpaired) electrons. The minimum Gasteiger partial charge on any atom is -0.317 e. The Hall–Kier alpha value is -1.09. The second-order valence-electron chi connectivity index (χ2n) is 6.63. The van der Waals surface area contributed by atoms with Gasteiger partial charge in [0.2, 0.25) is 0 Å². The van der Waals surface area contributed by atoms with E-state index in [-0.39, 0.29) is 17.0 Å². The largest absolute Gasteiger partial charge is 0.317 e. The van der Waals surface area contributed by atoms with E-state index in [1.54, 1.807) is 0 Å². The Bertz CT molecular complexity index is 682. The van der Waals surface area contributed by atoms with E-state index in [1.165, 1.54) is 0 Å². The van der Waals surface area contributed by atoms with Crippen molar-refractivity contribution in [1.82, 2.24) is 15.1 Å². The van der Waals surface area contributed by atoms with E-state index in [0.717, 1.165) is 57.4 Å². The van der Waals surface area contributed by atoms with E-state index in [2.05, 4.69) is 10.2 Å². The van der Waals surface area contributed by atoms with Gasteiger partial charge >= 0.3 is 0 Å². The highest BCUT2D eigenvalue weighted by Gasteiger charge is 2.28. The minimum atomic E-state index is -3.62. The molecular formula is C16H23F2N3O2S. The minimum absolute atomic E-state index is 0.0606. The fraction of sp³-hybridized carbons (Fsp3) is 0.625. The lowest BCUT2D eigenvalue weighted by atomic mass is 10.1. The fourth-order valence-corrected chi connectivity index (χ4v) is 4.07. The van der Waals surface area contributed by atoms with Crippen LogP contribution >= 0.6 is 0 Å². The summed E-state index contributed by atoms with van der Waals surface area (Å²) < 4.78 is 51.3. The lowest BCUT2D eigenvalue weighted by Crippen LogP contribution is -2.42. The summed E-state index contributed by atoms with van der Waals surface area (Å²) in [4.78, 5) is 4.05. The molecule has 2 aliphatic rings. The topological polar surface area (TPSA) is 52.7 Å². The van der Waals surface area contributed by atoms with Crippen LogP contribution in [0.3, 0.4) is 0 Å². The van der Waals surface area contributed by atoms with Crippen molar-refractivity contribution in [2.45, 2.75) is 30.3 Å². The number of sulfone groups is 1. The molecule has 0 bridgehead atoms. The maximum atomic E-state index is 14.2. The van der Waals surface area contributed by atoms with E-state index < -0.39 is 21.5 Å². The number of hydrogen-bond donors (Lipinski definition) is 1. The number of nitrogens with zero attached hydrogens (tertiary/aromatic N) is 2. The van der Waals surface area contributed by atoms with Crippen molar-refractivity contribution in [1.29, 1.82) is 0 Å². The summed E-state index contributed by atoms with van der Waals surface area (Å²) in [5.74, 6) is -1.59. The summed E-state index contributed by atoms with van der Waals surface area (Å²) in [6.45, 7) is 4.53. The van der Waals surface area contributed by atoms with Crippen molar-refractivity contribution in [3.63, 3.8) is 0 Å². The summed E-state index contributed by atoms with van der Waals surface area (Å²) >= 11 is 0. The molecule has 2 aliphatic heterocycles. The van der Waals surface area contributed by atoms with Crippen LogP contribution < -0.4 is 5.32 Å². The predicted octanol–water partition coefficient (Wildman–Crippen LogP) is 1.20. The van der Waals surface area contributed by atoms with Crippen LogP contribution in [0.4, 0.5) is 8.78 Å². The van der Waals surface area contributed by atoms with Crippen molar-refractivity contribution in [3.05, 3.63) is 29.3 Å². The standard InChI is InChI=1S/C16H23F2N3O2S/c1-24(22,23)13-8-15(17)14(16(18)9-13)10-20-6-7-21(11-20)12-2-4-19-5-3-12/h8-9,12,19H,2-7,10-11H2,1H3. The first-order valence-electron chi connectivity index (χ1n) is 8.19. The average Bonchev–Trinajstić information content (AvgIpc) is 2.99. The summed E-state index contributed by atoms with van der Waals surface area (Å²) in [5.41, 5.74) is -0.0606. The molecule has 8 heteroatoms. The number of nitrogens with one attached hydrogen (secondary N) is 1. The number of hydrogen-bond acceptors (Lipinski definition) is 5. The number of benzene rings is 1. The van der Waals surface area contributed by atoms with Crippen LogP contribution in [0.1, 0.15) is 18.4 Å². The zero-order valence-electron chi connectivity index (χ0n) is 13.8. The molecular weight excluding hydrogens is 336 g/mol. The van der Waals surface area contributed by atoms with Crippen LogP contribution in [0.25, 0.3) is 0 Å². The third-order valence-electron chi connectivity index (χ3n) is 4.83. The maximum Gasteiger partial charge on any atom is 0.175 e. The first-order chi connectivity index (χ1) is 11.3. The Kier molecular flexibility index (Phi) is 5.19. The second kappa shape index (κ2) is 7.03. The third kappa shape index (κ3) is 3.93. The van der Waals surface area contributed by atoms with Crippen LogP contribution in [0.2, 0.25) is 0 Å². The highest BCUT2D eigenvalue weighted by atomic mass is 32.2. The van der Waals surface area contributed by atoms with Gasteiger partial charge in [0.1, 0.15) is 11.6 Å². The Morgan fingerprint density at radius 1 is 1.17 bits per heavy atom. The molecule has 24 heavy (non-hydrogen) atoms. The van der Waals surface area contributed by atoms with Crippen LogP contribution in [0.15, 0.2) is 17.0 Å². The summed E-state index contributed by atoms with van der Waals surface area (Å²) in [6, 6.07) is 2.35. The molecule has 2 saturated heterocycles. The average molecular weight is 359 g/mol. The normalized spacial score (nSPS) is 21.5. The Morgan fingerprint density at radius 2 is 1.79 bits per heavy atom. The van der Waals surface area contributed by atoms with E-state index in [4.69, 9.17) is 0 Å². The second-order valence-corrected chi connectivity index (χ2v) is 8.64. The van der Waals surface area contributed by atoms with Gasteiger partial charge in [0, 0.05) is 37.5 Å². The fourth-order valence-electron chi connectivity index (χ4n) is 3.44. The first kappa shape index (κ1) is 17.7. The smallest absolute Gasteiger partial charge is 0.175 e. The van der Waals surface area contributed by atoms with Gasteiger partial charge < -0.3 is 5.32 Å². The number of rotatable bonds is 4. The number of piperidine rings is 1. The molecule has 2 fully saturated rings. The van der Waals surface area contributed by atoms with Crippen molar-refractivity contribution in [2.75, 3.05) is 39.1 Å². The van der Waals surface area contributed by atoms with E-state index in [0.29, 0.717) is 12.7 Å². The van der Waals surface area contributed by atoms with Gasteiger partial charge in [-0.25, -0.2) is 17.2 Å². The van der Waals surface area contributed by atoms with Crippen LogP contribution in [-0.4, -0.2) is 63.4 Å². The molecule has 0 atom stereocenters. The lowest BCUT2D eigenvalue weighted by Gasteiger charge is -2.31. The SMILES string of the molecule is CS(=O)(=O)c1cc(F)c(CN2CCN(C3CCNCC3)C2)c(F)c1. The van der Waals surface area contributed by atoms with E-state index in [1.807, 2.05) is 4.90 Å². The molecule has 0 saturated carbocycles. The van der Waals surface area contributed by atoms with Gasteiger partial charge in [-0.05, 0) is 38.1 Å². The molecule has 1 N–H and O–H groups in total. The van der Waals surface area contributed by atoms with Gasteiger partial charge in [-0.15, -0.1) is 0 Å². The molecule has 0 aliphatic carbocycles. The molecule has 0 unspecified atom stereocenters. The van der Waals surface area contributed by atoms with Crippen molar-refractivity contribution >= 4 is 9.84 Å². The summed E-state index contributed by atoms with van der Waals surface area (Å²) in [5, 5.41) is 3.33. The van der Waals surface area contributed by atoms with Gasteiger partial charge in [0.15, 0.2) is 9.84 Å². The van der Waals surface area contributed by atoms with Crippen LogP contribution in [-0.2, 0) is 16.4 Å². The first-order valence-corrected chi connectivity index (χ1v) is 10.1. The maximum absolute atomic E-state index is 14.2. The van der Waals surface area contributed by atoms with Crippen molar-refractivity contribution in [2.24, 2.45) is 0 Å². The van der Waals surface area contributed by atoms with E-state index >= 15 is 0 Å². The zero-order valence-corrected chi connectivity index (χ0v) is 14.6. The predicted molar refractivity (Wildman–Crippen MR) is 87.3 cm³/mol. The molecule has 1 aromatic carbocycles. The Labute approximate surface area is 141 Å². The Morgan fingerprint density at radius 3 is 2.38 bits per heavy atom. The molecule has 0 aromatic heterocycles. The molecule has 134 valence electrons. The van der Waals surface area contributed by atoms with Gasteiger partial charge in [0.05, 0.1) is 11.6 Å². The van der Waals surface area contributed by atoms with Gasteiger partial charge in [-0.3, -0.25) is 9.80 Å². The molecule has 0 spiro atoms. The molecule has 0 amide bonds. The third-order valence-corrected chi connectivity index (χ3v) is 5.93. The monoisotopic (exact) mass is 359 g/mol. The van der Waals surface area contributed by atoms with Crippen LogP contribution in [0, 0.1) is 11.6 Å². The summed E-state index contributed by atoms with van der Waals surface area (Å²) in [6.07, 6.45) is 3.14. The molecule has 3 rings (SSSR count). The van der Waals surface area contributed by atoms with E-state index in [9.17, 15) is 17.2 Å². The highest BCUT2D eigenvalue weighted by molar-refractivity contribution is 7.90. The van der Waals surface area contributed by atoms with Crippen molar-refractivity contribution < 1.29 is 17.2 Å². The van der Waals surface area contributed by atoms with Gasteiger partial charge in [-0.2, -0.15) is 0 Å². The lowest BCUT2D eigenvalue weighted by molar-refractivity contribution is 0.159. The highest BCUT2D eigenvalue weighted by Crippen LogP contribution is 2.23. The zero-order chi connectivity index (χ0) is 17.3. The molecule has 1 aromatic rings.